The van der Waals surface area contributed by atoms with Gasteiger partial charge in [0.15, 0.2) is 5.01 Å². The summed E-state index contributed by atoms with van der Waals surface area (Å²) in [6, 6.07) is 13.8. The van der Waals surface area contributed by atoms with Crippen molar-refractivity contribution in [3.8, 4) is 32.7 Å². The third kappa shape index (κ3) is 2.78. The van der Waals surface area contributed by atoms with E-state index in [4.69, 9.17) is 4.98 Å². The summed E-state index contributed by atoms with van der Waals surface area (Å²) in [5.74, 6) is 0. The second-order valence-electron chi connectivity index (χ2n) is 6.08. The van der Waals surface area contributed by atoms with Crippen LogP contribution < -0.4 is 0 Å². The second kappa shape index (κ2) is 6.37. The van der Waals surface area contributed by atoms with Crippen LogP contribution in [0.5, 0.6) is 0 Å². The molecule has 5 heterocycles. The molecule has 0 aromatic carbocycles. The van der Waals surface area contributed by atoms with Gasteiger partial charge in [0.1, 0.15) is 10.7 Å². The van der Waals surface area contributed by atoms with Gasteiger partial charge in [-0.25, -0.2) is 4.98 Å². The lowest BCUT2D eigenvalue weighted by Crippen LogP contribution is -1.93. The summed E-state index contributed by atoms with van der Waals surface area (Å²) in [7, 11) is 2.02. The molecule has 5 aromatic rings. The SMILES string of the molecule is Cn1ccc2c(-c3ccccn3)nc(-c3nnc(-c4cccnc4)s3)cc21. The zero-order chi connectivity index (χ0) is 18.2. The first-order chi connectivity index (χ1) is 13.3. The lowest BCUT2D eigenvalue weighted by atomic mass is 10.1. The topological polar surface area (TPSA) is 69.4 Å². The van der Waals surface area contributed by atoms with Gasteiger partial charge in [-0.1, -0.05) is 17.4 Å². The molecule has 130 valence electrons. The third-order valence-electron chi connectivity index (χ3n) is 4.34. The molecule has 0 fully saturated rings. The van der Waals surface area contributed by atoms with Crippen LogP contribution in [0.1, 0.15) is 0 Å². The smallest absolute Gasteiger partial charge is 0.166 e. The van der Waals surface area contributed by atoms with E-state index in [0.717, 1.165) is 43.6 Å². The van der Waals surface area contributed by atoms with E-state index in [1.54, 1.807) is 18.6 Å². The summed E-state index contributed by atoms with van der Waals surface area (Å²) < 4.78 is 2.08. The van der Waals surface area contributed by atoms with Crippen LogP contribution in [0.25, 0.3) is 43.6 Å². The Morgan fingerprint density at radius 1 is 0.926 bits per heavy atom. The average Bonchev–Trinajstić information content (AvgIpc) is 3.36. The van der Waals surface area contributed by atoms with Crippen LogP contribution in [0.4, 0.5) is 0 Å². The molecule has 0 radical (unpaired) electrons. The average molecular weight is 370 g/mol. The first kappa shape index (κ1) is 15.8. The normalized spacial score (nSPS) is 11.1. The molecule has 27 heavy (non-hydrogen) atoms. The van der Waals surface area contributed by atoms with E-state index >= 15 is 0 Å². The molecule has 0 saturated carbocycles. The summed E-state index contributed by atoms with van der Waals surface area (Å²) in [5, 5.41) is 11.4. The van der Waals surface area contributed by atoms with Gasteiger partial charge in [-0.15, -0.1) is 10.2 Å². The number of aromatic nitrogens is 6. The number of hydrogen-bond donors (Lipinski definition) is 0. The number of nitrogens with zero attached hydrogens (tertiary/aromatic N) is 6. The zero-order valence-electron chi connectivity index (χ0n) is 14.4. The Balaban J connectivity index is 1.68. The molecule has 0 N–H and O–H groups in total. The number of rotatable bonds is 3. The molecule has 0 amide bonds. The highest BCUT2D eigenvalue weighted by Crippen LogP contribution is 2.33. The van der Waals surface area contributed by atoms with Gasteiger partial charge in [0.2, 0.25) is 0 Å². The Kier molecular flexibility index (Phi) is 3.72. The maximum Gasteiger partial charge on any atom is 0.166 e. The Morgan fingerprint density at radius 3 is 2.67 bits per heavy atom. The van der Waals surface area contributed by atoms with Crippen molar-refractivity contribution in [1.29, 1.82) is 0 Å². The van der Waals surface area contributed by atoms with Crippen LogP contribution in [0, 0.1) is 0 Å². The van der Waals surface area contributed by atoms with E-state index in [1.807, 2.05) is 43.6 Å². The van der Waals surface area contributed by atoms with E-state index in [9.17, 15) is 0 Å². The summed E-state index contributed by atoms with van der Waals surface area (Å²) in [4.78, 5) is 13.5. The minimum Gasteiger partial charge on any atom is -0.350 e. The van der Waals surface area contributed by atoms with Gasteiger partial charge in [-0.3, -0.25) is 9.97 Å². The molecule has 7 heteroatoms. The minimum absolute atomic E-state index is 0.772. The number of hydrogen-bond acceptors (Lipinski definition) is 6. The molecule has 0 aliphatic carbocycles. The van der Waals surface area contributed by atoms with Crippen molar-refractivity contribution in [3.05, 3.63) is 67.3 Å². The van der Waals surface area contributed by atoms with Crippen molar-refractivity contribution in [2.24, 2.45) is 7.05 Å². The van der Waals surface area contributed by atoms with Crippen molar-refractivity contribution in [2.45, 2.75) is 0 Å². The lowest BCUT2D eigenvalue weighted by molar-refractivity contribution is 0.968. The van der Waals surface area contributed by atoms with Gasteiger partial charge < -0.3 is 4.57 Å². The van der Waals surface area contributed by atoms with Crippen molar-refractivity contribution in [1.82, 2.24) is 29.7 Å². The van der Waals surface area contributed by atoms with E-state index in [-0.39, 0.29) is 0 Å². The fraction of sp³-hybridized carbons (Fsp3) is 0.0500. The fourth-order valence-corrected chi connectivity index (χ4v) is 3.80. The Hall–Kier alpha value is -3.45. The van der Waals surface area contributed by atoms with Crippen LogP contribution in [0.2, 0.25) is 0 Å². The van der Waals surface area contributed by atoms with Crippen molar-refractivity contribution in [3.63, 3.8) is 0 Å². The molecular weight excluding hydrogens is 356 g/mol. The van der Waals surface area contributed by atoms with Crippen LogP contribution in [-0.4, -0.2) is 29.7 Å². The van der Waals surface area contributed by atoms with Gasteiger partial charge in [0, 0.05) is 42.8 Å². The molecule has 0 unspecified atom stereocenters. The van der Waals surface area contributed by atoms with Gasteiger partial charge >= 0.3 is 0 Å². The van der Waals surface area contributed by atoms with Gasteiger partial charge in [-0.2, -0.15) is 0 Å². The number of fused-ring (bicyclic) bond motifs is 1. The molecule has 0 aliphatic heterocycles. The Bertz CT molecular complexity index is 1230. The first-order valence-corrected chi connectivity index (χ1v) is 9.23. The Morgan fingerprint density at radius 2 is 1.85 bits per heavy atom. The molecule has 0 spiro atoms. The predicted molar refractivity (Wildman–Crippen MR) is 106 cm³/mol. The zero-order valence-corrected chi connectivity index (χ0v) is 15.3. The maximum absolute atomic E-state index is 4.88. The van der Waals surface area contributed by atoms with E-state index in [2.05, 4.69) is 36.9 Å². The monoisotopic (exact) mass is 370 g/mol. The Labute approximate surface area is 159 Å². The van der Waals surface area contributed by atoms with E-state index in [1.165, 1.54) is 11.3 Å². The van der Waals surface area contributed by atoms with Gasteiger partial charge in [0.05, 0.1) is 16.9 Å². The molecule has 5 rings (SSSR count). The van der Waals surface area contributed by atoms with Crippen LogP contribution in [0.15, 0.2) is 67.3 Å². The molecule has 6 nitrogen and oxygen atoms in total. The quantitative estimate of drug-likeness (QED) is 0.476. The highest BCUT2D eigenvalue weighted by Gasteiger charge is 2.16. The molecule has 0 bridgehead atoms. The first-order valence-electron chi connectivity index (χ1n) is 8.41. The fourth-order valence-electron chi connectivity index (χ4n) is 3.00. The molecule has 0 aliphatic rings. The van der Waals surface area contributed by atoms with Gasteiger partial charge in [-0.05, 0) is 36.4 Å². The van der Waals surface area contributed by atoms with Crippen molar-refractivity contribution >= 4 is 22.2 Å². The largest absolute Gasteiger partial charge is 0.350 e. The second-order valence-corrected chi connectivity index (χ2v) is 7.06. The third-order valence-corrected chi connectivity index (χ3v) is 5.34. The van der Waals surface area contributed by atoms with Crippen LogP contribution >= 0.6 is 11.3 Å². The van der Waals surface area contributed by atoms with Crippen molar-refractivity contribution in [2.75, 3.05) is 0 Å². The van der Waals surface area contributed by atoms with Crippen LogP contribution in [-0.2, 0) is 7.05 Å². The molecular formula is C20H14N6S. The summed E-state index contributed by atoms with van der Waals surface area (Å²) in [6.07, 6.45) is 7.35. The highest BCUT2D eigenvalue weighted by molar-refractivity contribution is 7.17. The predicted octanol–water partition coefficient (Wildman–Crippen LogP) is 4.22. The number of pyridine rings is 3. The summed E-state index contributed by atoms with van der Waals surface area (Å²) >= 11 is 1.51. The number of aryl methyl sites for hydroxylation is 1. The highest BCUT2D eigenvalue weighted by atomic mass is 32.1. The summed E-state index contributed by atoms with van der Waals surface area (Å²) in [5.41, 5.74) is 4.51. The standard InChI is InChI=1S/C20H14N6S/c1-26-10-7-14-17(26)11-16(23-18(14)15-6-2-3-9-22-15)20-25-24-19(27-20)13-5-4-8-21-12-13/h2-12H,1H3. The van der Waals surface area contributed by atoms with Gasteiger partial charge in [0.25, 0.3) is 0 Å². The maximum atomic E-state index is 4.88. The molecule has 0 saturated heterocycles. The summed E-state index contributed by atoms with van der Waals surface area (Å²) in [6.45, 7) is 0. The van der Waals surface area contributed by atoms with Crippen molar-refractivity contribution < 1.29 is 0 Å². The molecule has 0 atom stereocenters. The lowest BCUT2D eigenvalue weighted by Gasteiger charge is -2.06. The molecule has 5 aromatic heterocycles. The van der Waals surface area contributed by atoms with Crippen LogP contribution in [0.3, 0.4) is 0 Å². The van der Waals surface area contributed by atoms with E-state index in [0.29, 0.717) is 0 Å². The van der Waals surface area contributed by atoms with E-state index < -0.39 is 0 Å². The minimum atomic E-state index is 0.772.